The molecule has 0 aliphatic carbocycles. The number of aromatic nitrogens is 1. The van der Waals surface area contributed by atoms with Crippen molar-refractivity contribution in [1.29, 1.82) is 5.41 Å². The van der Waals surface area contributed by atoms with Crippen LogP contribution in [0.2, 0.25) is 0 Å². The van der Waals surface area contributed by atoms with Gasteiger partial charge in [-0.15, -0.1) is 0 Å². The summed E-state index contributed by atoms with van der Waals surface area (Å²) < 4.78 is 0. The Balaban J connectivity index is 1.66. The van der Waals surface area contributed by atoms with Gasteiger partial charge in [0.2, 0.25) is 0 Å². The SMILES string of the molecule is N=C/C(=C(/O)Nc1ccc(C(=O)NCc2ccccc2)cc1)c1ccccn1. The molecule has 3 rings (SSSR count). The van der Waals surface area contributed by atoms with Crippen LogP contribution in [0.5, 0.6) is 0 Å². The Morgan fingerprint density at radius 1 is 1.00 bits per heavy atom. The molecule has 6 heteroatoms. The van der Waals surface area contributed by atoms with Crippen LogP contribution in [0.3, 0.4) is 0 Å². The van der Waals surface area contributed by atoms with E-state index in [1.807, 2.05) is 30.3 Å². The molecule has 0 unspecified atom stereocenters. The van der Waals surface area contributed by atoms with Crippen molar-refractivity contribution < 1.29 is 9.90 Å². The van der Waals surface area contributed by atoms with E-state index in [0.717, 1.165) is 11.8 Å². The first-order chi connectivity index (χ1) is 13.7. The molecule has 1 aromatic heterocycles. The summed E-state index contributed by atoms with van der Waals surface area (Å²) in [6, 6.07) is 21.6. The Hall–Kier alpha value is -3.93. The number of pyridine rings is 1. The Bertz CT molecular complexity index is 968. The number of allylic oxidation sites excluding steroid dienone is 1. The fraction of sp³-hybridized carbons (Fsp3) is 0.0455. The number of nitrogens with one attached hydrogen (secondary N) is 3. The number of aliphatic hydroxyl groups excluding tert-OH is 1. The van der Waals surface area contributed by atoms with E-state index >= 15 is 0 Å². The highest BCUT2D eigenvalue weighted by molar-refractivity contribution is 6.08. The molecule has 2 aromatic carbocycles. The highest BCUT2D eigenvalue weighted by Gasteiger charge is 2.09. The van der Waals surface area contributed by atoms with Gasteiger partial charge in [-0.2, -0.15) is 0 Å². The molecule has 0 saturated carbocycles. The third-order valence-electron chi connectivity index (χ3n) is 4.05. The van der Waals surface area contributed by atoms with E-state index in [0.29, 0.717) is 23.5 Å². The number of carbonyl (C=O) groups is 1. The van der Waals surface area contributed by atoms with Gasteiger partial charge in [0.05, 0.1) is 11.3 Å². The van der Waals surface area contributed by atoms with Crippen molar-refractivity contribution >= 4 is 23.4 Å². The second-order valence-corrected chi connectivity index (χ2v) is 5.99. The summed E-state index contributed by atoms with van der Waals surface area (Å²) in [4.78, 5) is 16.4. The highest BCUT2D eigenvalue weighted by Crippen LogP contribution is 2.17. The molecule has 3 aromatic rings. The minimum Gasteiger partial charge on any atom is -0.494 e. The van der Waals surface area contributed by atoms with Gasteiger partial charge in [0.25, 0.3) is 5.91 Å². The van der Waals surface area contributed by atoms with E-state index in [2.05, 4.69) is 15.6 Å². The number of benzene rings is 2. The van der Waals surface area contributed by atoms with E-state index in [4.69, 9.17) is 5.41 Å². The second-order valence-electron chi connectivity index (χ2n) is 5.99. The number of anilines is 1. The number of rotatable bonds is 7. The second kappa shape index (κ2) is 9.14. The van der Waals surface area contributed by atoms with Gasteiger partial charge in [-0.25, -0.2) is 0 Å². The smallest absolute Gasteiger partial charge is 0.251 e. The molecule has 6 nitrogen and oxygen atoms in total. The lowest BCUT2D eigenvalue weighted by Gasteiger charge is -2.10. The maximum Gasteiger partial charge on any atom is 0.251 e. The molecule has 0 radical (unpaired) electrons. The Morgan fingerprint density at radius 2 is 1.71 bits per heavy atom. The minimum absolute atomic E-state index is 0.177. The van der Waals surface area contributed by atoms with Crippen LogP contribution in [0.25, 0.3) is 5.57 Å². The number of hydrogen-bond donors (Lipinski definition) is 4. The monoisotopic (exact) mass is 372 g/mol. The van der Waals surface area contributed by atoms with Gasteiger partial charge in [0.1, 0.15) is 0 Å². The number of nitrogens with zero attached hydrogens (tertiary/aromatic N) is 1. The lowest BCUT2D eigenvalue weighted by atomic mass is 10.1. The van der Waals surface area contributed by atoms with Crippen molar-refractivity contribution in [1.82, 2.24) is 10.3 Å². The number of hydrogen-bond acceptors (Lipinski definition) is 5. The number of aliphatic hydroxyl groups is 1. The Kier molecular flexibility index (Phi) is 6.15. The Labute approximate surface area is 163 Å². The first-order valence-corrected chi connectivity index (χ1v) is 8.71. The van der Waals surface area contributed by atoms with Crippen LogP contribution in [0, 0.1) is 5.41 Å². The van der Waals surface area contributed by atoms with Gasteiger partial charge in [0.15, 0.2) is 5.88 Å². The molecule has 28 heavy (non-hydrogen) atoms. The van der Waals surface area contributed by atoms with Crippen LogP contribution in [0.15, 0.2) is 84.9 Å². The van der Waals surface area contributed by atoms with Gasteiger partial charge < -0.3 is 21.1 Å². The summed E-state index contributed by atoms with van der Waals surface area (Å²) in [5.41, 5.74) is 2.89. The zero-order valence-corrected chi connectivity index (χ0v) is 15.1. The quantitative estimate of drug-likeness (QED) is 0.372. The van der Waals surface area contributed by atoms with Crippen LogP contribution in [0.4, 0.5) is 5.69 Å². The van der Waals surface area contributed by atoms with Crippen LogP contribution >= 0.6 is 0 Å². The molecule has 1 heterocycles. The van der Waals surface area contributed by atoms with Crippen LogP contribution in [-0.2, 0) is 6.54 Å². The summed E-state index contributed by atoms with van der Waals surface area (Å²) in [5.74, 6) is -0.362. The first kappa shape index (κ1) is 18.8. The molecule has 0 fully saturated rings. The molecule has 4 N–H and O–H groups in total. The lowest BCUT2D eigenvalue weighted by molar-refractivity contribution is 0.0951. The third kappa shape index (κ3) is 4.82. The summed E-state index contributed by atoms with van der Waals surface area (Å²) in [6.45, 7) is 0.454. The van der Waals surface area contributed by atoms with Crippen molar-refractivity contribution in [3.8, 4) is 0 Å². The van der Waals surface area contributed by atoms with Crippen LogP contribution < -0.4 is 10.6 Å². The average molecular weight is 372 g/mol. The first-order valence-electron chi connectivity index (χ1n) is 8.71. The normalized spacial score (nSPS) is 11.3. The molecule has 0 bridgehead atoms. The van der Waals surface area contributed by atoms with E-state index < -0.39 is 0 Å². The van der Waals surface area contributed by atoms with Crippen LogP contribution in [0.1, 0.15) is 21.6 Å². The number of amides is 1. The molecule has 0 atom stereocenters. The van der Waals surface area contributed by atoms with Crippen molar-refractivity contribution in [3.05, 3.63) is 102 Å². The maximum atomic E-state index is 12.3. The minimum atomic E-state index is -0.185. The summed E-state index contributed by atoms with van der Waals surface area (Å²) in [7, 11) is 0. The standard InChI is InChI=1S/C22H20N4O2/c23-14-19(20-8-4-5-13-24-20)22(28)26-18-11-9-17(10-12-18)21(27)25-15-16-6-2-1-3-7-16/h1-14,23,26,28H,15H2,(H,25,27)/b22-19-,23-14?. The fourth-order valence-electron chi connectivity index (χ4n) is 2.57. The molecule has 0 aliphatic heterocycles. The van der Waals surface area contributed by atoms with Gasteiger partial charge in [-0.05, 0) is 42.0 Å². The van der Waals surface area contributed by atoms with E-state index in [9.17, 15) is 9.90 Å². The van der Waals surface area contributed by atoms with Crippen LogP contribution in [-0.4, -0.2) is 22.2 Å². The fourth-order valence-corrected chi connectivity index (χ4v) is 2.57. The highest BCUT2D eigenvalue weighted by atomic mass is 16.3. The zero-order valence-electron chi connectivity index (χ0n) is 15.1. The Morgan fingerprint density at radius 3 is 2.36 bits per heavy atom. The molecule has 1 amide bonds. The molecule has 0 saturated heterocycles. The lowest BCUT2D eigenvalue weighted by Crippen LogP contribution is -2.22. The largest absolute Gasteiger partial charge is 0.494 e. The van der Waals surface area contributed by atoms with Crippen molar-refractivity contribution in [2.75, 3.05) is 5.32 Å². The summed E-state index contributed by atoms with van der Waals surface area (Å²) in [5, 5.41) is 23.5. The maximum absolute atomic E-state index is 12.3. The van der Waals surface area contributed by atoms with Crippen molar-refractivity contribution in [2.45, 2.75) is 6.54 Å². The van der Waals surface area contributed by atoms with Gasteiger partial charge >= 0.3 is 0 Å². The molecule has 0 aliphatic rings. The molecular weight excluding hydrogens is 352 g/mol. The van der Waals surface area contributed by atoms with Crippen molar-refractivity contribution in [3.63, 3.8) is 0 Å². The van der Waals surface area contributed by atoms with Crippen molar-refractivity contribution in [2.24, 2.45) is 0 Å². The summed E-state index contributed by atoms with van der Waals surface area (Å²) in [6.07, 6.45) is 2.63. The average Bonchev–Trinajstić information content (AvgIpc) is 2.74. The predicted molar refractivity (Wildman–Crippen MR) is 110 cm³/mol. The van der Waals surface area contributed by atoms with E-state index in [1.54, 1.807) is 48.7 Å². The van der Waals surface area contributed by atoms with E-state index in [-0.39, 0.29) is 17.4 Å². The topological polar surface area (TPSA) is 98.1 Å². The van der Waals surface area contributed by atoms with E-state index in [1.165, 1.54) is 0 Å². The molecular formula is C22H20N4O2. The third-order valence-corrected chi connectivity index (χ3v) is 4.05. The predicted octanol–water partition coefficient (Wildman–Crippen LogP) is 4.00. The number of carbonyl (C=O) groups excluding carboxylic acids is 1. The zero-order chi connectivity index (χ0) is 19.8. The summed E-state index contributed by atoms with van der Waals surface area (Å²) >= 11 is 0. The molecule has 140 valence electrons. The van der Waals surface area contributed by atoms with Gasteiger partial charge in [-0.1, -0.05) is 36.4 Å². The molecule has 0 spiro atoms. The van der Waals surface area contributed by atoms with Gasteiger partial charge in [-0.3, -0.25) is 9.78 Å². The van der Waals surface area contributed by atoms with Gasteiger partial charge in [0, 0.05) is 30.2 Å².